The van der Waals surface area contributed by atoms with Crippen LogP contribution in [0.2, 0.25) is 0 Å². The number of nitrogens with one attached hydrogen (secondary N) is 2. The Morgan fingerprint density at radius 3 is 2.70 bits per heavy atom. The van der Waals surface area contributed by atoms with Gasteiger partial charge in [-0.3, -0.25) is 9.59 Å². The van der Waals surface area contributed by atoms with Crippen molar-refractivity contribution in [1.29, 1.82) is 0 Å². The van der Waals surface area contributed by atoms with Gasteiger partial charge in [0.05, 0.1) is 19.6 Å². The third kappa shape index (κ3) is 4.51. The van der Waals surface area contributed by atoms with Crippen molar-refractivity contribution in [3.05, 3.63) is 55.9 Å². The smallest absolute Gasteiger partial charge is 0.341 e. The van der Waals surface area contributed by atoms with Crippen molar-refractivity contribution < 1.29 is 19.1 Å². The summed E-state index contributed by atoms with van der Waals surface area (Å²) in [6, 6.07) is 5.04. The lowest BCUT2D eigenvalue weighted by atomic mass is 10.1. The fourth-order valence-corrected chi connectivity index (χ4v) is 4.12. The number of ether oxygens (including phenoxy) is 2. The maximum atomic E-state index is 12.3. The number of benzene rings is 1. The molecule has 158 valence electrons. The summed E-state index contributed by atoms with van der Waals surface area (Å²) >= 11 is 1.48. The lowest BCUT2D eigenvalue weighted by molar-refractivity contribution is -0.121. The van der Waals surface area contributed by atoms with Crippen molar-refractivity contribution in [2.75, 3.05) is 14.2 Å². The first-order valence-electron chi connectivity index (χ1n) is 9.34. The highest BCUT2D eigenvalue weighted by molar-refractivity contribution is 7.18. The van der Waals surface area contributed by atoms with Crippen LogP contribution in [0.1, 0.15) is 38.6 Å². The SMILES string of the molecule is COC(=O)c1cc(CNC(=O)CCc2nc3sc(C)c(C)c3c(=O)[nH]2)ccc1OC. The van der Waals surface area contributed by atoms with Crippen molar-refractivity contribution in [3.63, 3.8) is 0 Å². The topological polar surface area (TPSA) is 110 Å². The zero-order valence-corrected chi connectivity index (χ0v) is 18.1. The van der Waals surface area contributed by atoms with Crippen molar-refractivity contribution in [3.8, 4) is 5.75 Å². The Morgan fingerprint density at radius 1 is 1.23 bits per heavy atom. The number of H-pyrrole nitrogens is 1. The van der Waals surface area contributed by atoms with Crippen LogP contribution in [0.5, 0.6) is 5.75 Å². The van der Waals surface area contributed by atoms with Gasteiger partial charge in [-0.25, -0.2) is 9.78 Å². The molecule has 3 rings (SSSR count). The lowest BCUT2D eigenvalue weighted by Crippen LogP contribution is -2.24. The van der Waals surface area contributed by atoms with Crippen molar-refractivity contribution >= 4 is 33.4 Å². The summed E-state index contributed by atoms with van der Waals surface area (Å²) in [7, 11) is 2.77. The Morgan fingerprint density at radius 2 is 2.00 bits per heavy atom. The van der Waals surface area contributed by atoms with E-state index in [1.165, 1.54) is 25.6 Å². The van der Waals surface area contributed by atoms with E-state index in [9.17, 15) is 14.4 Å². The van der Waals surface area contributed by atoms with Gasteiger partial charge in [-0.2, -0.15) is 0 Å². The van der Waals surface area contributed by atoms with Crippen molar-refractivity contribution in [1.82, 2.24) is 15.3 Å². The fourth-order valence-electron chi connectivity index (χ4n) is 3.07. The first kappa shape index (κ1) is 21.5. The summed E-state index contributed by atoms with van der Waals surface area (Å²) in [4.78, 5) is 45.4. The number of hydrogen-bond acceptors (Lipinski definition) is 7. The van der Waals surface area contributed by atoms with E-state index in [-0.39, 0.29) is 24.4 Å². The minimum Gasteiger partial charge on any atom is -0.496 e. The van der Waals surface area contributed by atoms with Crippen LogP contribution in [0.15, 0.2) is 23.0 Å². The van der Waals surface area contributed by atoms with Gasteiger partial charge < -0.3 is 19.8 Å². The van der Waals surface area contributed by atoms with Crippen LogP contribution in [-0.4, -0.2) is 36.1 Å². The number of amides is 1. The Balaban J connectivity index is 1.62. The van der Waals surface area contributed by atoms with Crippen LogP contribution in [0.25, 0.3) is 10.2 Å². The van der Waals surface area contributed by atoms with Crippen LogP contribution in [0.3, 0.4) is 0 Å². The molecule has 0 bridgehead atoms. The molecule has 0 aliphatic rings. The van der Waals surface area contributed by atoms with Gasteiger partial charge in [0.15, 0.2) is 0 Å². The number of methoxy groups -OCH3 is 2. The molecule has 2 heterocycles. The molecule has 1 amide bonds. The minimum atomic E-state index is -0.510. The summed E-state index contributed by atoms with van der Waals surface area (Å²) in [5.41, 5.74) is 1.80. The first-order chi connectivity index (χ1) is 14.3. The van der Waals surface area contributed by atoms with Crippen molar-refractivity contribution in [2.45, 2.75) is 33.2 Å². The normalized spacial score (nSPS) is 10.8. The molecule has 0 fully saturated rings. The van der Waals surface area contributed by atoms with E-state index in [1.54, 1.807) is 18.2 Å². The Kier molecular flexibility index (Phi) is 6.51. The molecule has 3 aromatic rings. The Bertz CT molecular complexity index is 1170. The highest BCUT2D eigenvalue weighted by Crippen LogP contribution is 2.25. The number of thiophene rings is 1. The number of esters is 1. The monoisotopic (exact) mass is 429 g/mol. The first-order valence-corrected chi connectivity index (χ1v) is 10.2. The molecular formula is C21H23N3O5S. The number of fused-ring (bicyclic) bond motifs is 1. The van der Waals surface area contributed by atoms with Gasteiger partial charge in [0.25, 0.3) is 5.56 Å². The van der Waals surface area contributed by atoms with Gasteiger partial charge in [-0.05, 0) is 37.1 Å². The zero-order valence-electron chi connectivity index (χ0n) is 17.3. The average molecular weight is 429 g/mol. The number of aromatic amines is 1. The fraction of sp³-hybridized carbons (Fsp3) is 0.333. The number of nitrogens with zero attached hydrogens (tertiary/aromatic N) is 1. The molecular weight excluding hydrogens is 406 g/mol. The van der Waals surface area contributed by atoms with Gasteiger partial charge in [-0.1, -0.05) is 6.07 Å². The number of aryl methyl sites for hydroxylation is 3. The number of carbonyl (C=O) groups excluding carboxylic acids is 2. The molecule has 0 saturated heterocycles. The molecule has 2 aromatic heterocycles. The van der Waals surface area contributed by atoms with E-state index >= 15 is 0 Å². The van der Waals surface area contributed by atoms with Crippen LogP contribution >= 0.6 is 11.3 Å². The molecule has 1 aromatic carbocycles. The molecule has 0 aliphatic heterocycles. The van der Waals surface area contributed by atoms with Gasteiger partial charge in [0.1, 0.15) is 22.0 Å². The second-order valence-electron chi connectivity index (χ2n) is 6.78. The number of rotatable bonds is 7. The lowest BCUT2D eigenvalue weighted by Gasteiger charge is -2.10. The van der Waals surface area contributed by atoms with Gasteiger partial charge in [0.2, 0.25) is 5.91 Å². The largest absolute Gasteiger partial charge is 0.496 e. The molecule has 0 radical (unpaired) electrons. The zero-order chi connectivity index (χ0) is 21.8. The highest BCUT2D eigenvalue weighted by Gasteiger charge is 2.15. The molecule has 0 saturated carbocycles. The van der Waals surface area contributed by atoms with Crippen LogP contribution < -0.4 is 15.6 Å². The molecule has 0 spiro atoms. The number of hydrogen-bond donors (Lipinski definition) is 2. The number of carbonyl (C=O) groups is 2. The Labute approximate surface area is 177 Å². The summed E-state index contributed by atoms with van der Waals surface area (Å²) < 4.78 is 9.92. The standard InChI is InChI=1S/C21H23N3O5S/c1-11-12(2)30-20-18(11)19(26)23-16(24-20)7-8-17(25)22-10-13-5-6-15(28-3)14(9-13)21(27)29-4/h5-6,9H,7-8,10H2,1-4H3,(H,22,25)(H,23,24,26). The second kappa shape index (κ2) is 9.08. The van der Waals surface area contributed by atoms with Crippen LogP contribution in [-0.2, 0) is 22.5 Å². The van der Waals surface area contributed by atoms with E-state index < -0.39 is 5.97 Å². The minimum absolute atomic E-state index is 0.175. The molecule has 9 heteroatoms. The average Bonchev–Trinajstić information content (AvgIpc) is 3.03. The summed E-state index contributed by atoms with van der Waals surface area (Å²) in [6.45, 7) is 4.11. The highest BCUT2D eigenvalue weighted by atomic mass is 32.1. The molecule has 2 N–H and O–H groups in total. The third-order valence-corrected chi connectivity index (χ3v) is 5.94. The summed E-state index contributed by atoms with van der Waals surface area (Å²) in [5.74, 6) is 0.193. The second-order valence-corrected chi connectivity index (χ2v) is 7.98. The molecule has 8 nitrogen and oxygen atoms in total. The van der Waals surface area contributed by atoms with Crippen LogP contribution in [0.4, 0.5) is 0 Å². The van der Waals surface area contributed by atoms with E-state index in [0.717, 1.165) is 16.0 Å². The van der Waals surface area contributed by atoms with Crippen LogP contribution in [0, 0.1) is 13.8 Å². The summed E-state index contributed by atoms with van der Waals surface area (Å²) in [6.07, 6.45) is 0.501. The van der Waals surface area contributed by atoms with Crippen molar-refractivity contribution in [2.24, 2.45) is 0 Å². The van der Waals surface area contributed by atoms with E-state index in [4.69, 9.17) is 9.47 Å². The van der Waals surface area contributed by atoms with Gasteiger partial charge in [0, 0.05) is 24.3 Å². The Hall–Kier alpha value is -3.20. The predicted molar refractivity (Wildman–Crippen MR) is 114 cm³/mol. The maximum Gasteiger partial charge on any atom is 0.341 e. The van der Waals surface area contributed by atoms with Gasteiger partial charge in [-0.15, -0.1) is 11.3 Å². The molecule has 0 aliphatic carbocycles. The third-order valence-electron chi connectivity index (χ3n) is 4.84. The number of aromatic nitrogens is 2. The van der Waals surface area contributed by atoms with E-state index in [0.29, 0.717) is 33.8 Å². The molecule has 0 atom stereocenters. The van der Waals surface area contributed by atoms with E-state index in [2.05, 4.69) is 15.3 Å². The maximum absolute atomic E-state index is 12.3. The molecule has 30 heavy (non-hydrogen) atoms. The van der Waals surface area contributed by atoms with E-state index in [1.807, 2.05) is 13.8 Å². The van der Waals surface area contributed by atoms with Gasteiger partial charge >= 0.3 is 5.97 Å². The molecule has 0 unspecified atom stereocenters. The summed E-state index contributed by atoms with van der Waals surface area (Å²) in [5, 5.41) is 3.42. The quantitative estimate of drug-likeness (QED) is 0.559. The predicted octanol–water partition coefficient (Wildman–Crippen LogP) is 2.65.